The van der Waals surface area contributed by atoms with Crippen molar-refractivity contribution in [3.8, 4) is 11.3 Å². The molecule has 0 radical (unpaired) electrons. The number of hydrogen-bond donors (Lipinski definition) is 0. The summed E-state index contributed by atoms with van der Waals surface area (Å²) in [6.07, 6.45) is 4.05. The van der Waals surface area contributed by atoms with Gasteiger partial charge in [0.2, 0.25) is 0 Å². The minimum Gasteiger partial charge on any atom is -0.504 e. The van der Waals surface area contributed by atoms with Crippen LogP contribution in [0.5, 0.6) is 0 Å². The van der Waals surface area contributed by atoms with Crippen LogP contribution in [0, 0.1) is 18.8 Å². The number of aromatic nitrogens is 2. The van der Waals surface area contributed by atoms with Crippen LogP contribution in [0.2, 0.25) is 0 Å². The Labute approximate surface area is 295 Å². The van der Waals surface area contributed by atoms with Crippen LogP contribution >= 0.6 is 0 Å². The zero-order valence-corrected chi connectivity index (χ0v) is 29.6. The van der Waals surface area contributed by atoms with Crippen molar-refractivity contribution in [1.29, 1.82) is 0 Å². The number of pyridine rings is 1. The number of hydrogen-bond acceptors (Lipinski definition) is 3. The minimum atomic E-state index is 0. The molecule has 0 saturated heterocycles. The molecule has 6 aromatic carbocycles. The average molecular weight is 800 g/mol. The number of fused-ring (bicyclic) bond motifs is 9. The Morgan fingerprint density at radius 2 is 1.38 bits per heavy atom. The van der Waals surface area contributed by atoms with E-state index in [1.807, 2.05) is 24.3 Å². The summed E-state index contributed by atoms with van der Waals surface area (Å²) < 4.78 is 2.38. The van der Waals surface area contributed by atoms with Gasteiger partial charge in [0.15, 0.2) is 0 Å². The molecule has 1 aliphatic heterocycles. The molecule has 2 aromatic heterocycles. The van der Waals surface area contributed by atoms with Crippen LogP contribution in [0.15, 0.2) is 128 Å². The quantitative estimate of drug-likeness (QED) is 0.131. The Kier molecular flexibility index (Phi) is 8.75. The third-order valence-corrected chi connectivity index (χ3v) is 9.27. The third-order valence-electron chi connectivity index (χ3n) is 9.27. The van der Waals surface area contributed by atoms with Crippen molar-refractivity contribution in [2.24, 2.45) is 0 Å². The molecule has 0 aliphatic carbocycles. The second-order valence-corrected chi connectivity index (χ2v) is 11.9. The van der Waals surface area contributed by atoms with Gasteiger partial charge in [0.1, 0.15) is 0 Å². The van der Waals surface area contributed by atoms with Crippen LogP contribution < -0.4 is 9.80 Å². The van der Waals surface area contributed by atoms with E-state index in [-0.39, 0.29) is 20.1 Å². The Morgan fingerprint density at radius 1 is 0.667 bits per heavy atom. The molecule has 0 atom stereocenters. The molecule has 5 heteroatoms. The zero-order chi connectivity index (χ0) is 31.9. The number of imidazole rings is 1. The summed E-state index contributed by atoms with van der Waals surface area (Å²) in [6.45, 7) is 6.55. The molecule has 8 aromatic rings. The van der Waals surface area contributed by atoms with E-state index in [0.717, 1.165) is 29.6 Å². The predicted molar refractivity (Wildman–Crippen MR) is 197 cm³/mol. The van der Waals surface area contributed by atoms with Gasteiger partial charge >= 0.3 is 20.1 Å². The summed E-state index contributed by atoms with van der Waals surface area (Å²) in [5, 5.41) is 6.01. The second kappa shape index (κ2) is 13.3. The maximum atomic E-state index is 4.96. The van der Waals surface area contributed by atoms with Crippen molar-refractivity contribution >= 4 is 55.2 Å². The molecule has 0 fully saturated rings. The van der Waals surface area contributed by atoms with Gasteiger partial charge in [-0.3, -0.25) is 4.98 Å². The van der Waals surface area contributed by atoms with Crippen molar-refractivity contribution < 1.29 is 20.1 Å². The Bertz CT molecular complexity index is 2370. The van der Waals surface area contributed by atoms with Crippen LogP contribution in [0.3, 0.4) is 0 Å². The number of rotatable bonds is 4. The molecule has 0 amide bonds. The van der Waals surface area contributed by atoms with Gasteiger partial charge in [-0.15, -0.1) is 35.3 Å². The summed E-state index contributed by atoms with van der Waals surface area (Å²) in [5.74, 6) is 0. The van der Waals surface area contributed by atoms with Crippen molar-refractivity contribution in [2.45, 2.75) is 26.7 Å². The average Bonchev–Trinajstić information content (AvgIpc) is 3.73. The first-order valence-electron chi connectivity index (χ1n) is 16.3. The van der Waals surface area contributed by atoms with Gasteiger partial charge in [0.25, 0.3) is 0 Å². The molecule has 0 N–H and O–H groups in total. The summed E-state index contributed by atoms with van der Waals surface area (Å²) in [7, 11) is 2.06. The van der Waals surface area contributed by atoms with Crippen molar-refractivity contribution in [3.63, 3.8) is 0 Å². The molecular formula is C43H35IrN4. The van der Waals surface area contributed by atoms with Crippen LogP contribution in [0.1, 0.15) is 25.0 Å². The van der Waals surface area contributed by atoms with Gasteiger partial charge in [-0.1, -0.05) is 86.0 Å². The molecule has 3 heterocycles. The summed E-state index contributed by atoms with van der Waals surface area (Å²) >= 11 is 0. The van der Waals surface area contributed by atoms with Gasteiger partial charge in [0.05, 0.1) is 11.3 Å². The largest absolute Gasteiger partial charge is 3.00 e. The van der Waals surface area contributed by atoms with E-state index in [9.17, 15) is 0 Å². The summed E-state index contributed by atoms with van der Waals surface area (Å²) in [5.41, 5.74) is 10.9. The molecule has 4 nitrogen and oxygen atoms in total. The molecule has 0 spiro atoms. The van der Waals surface area contributed by atoms with E-state index in [4.69, 9.17) is 4.98 Å². The minimum absolute atomic E-state index is 0. The Morgan fingerprint density at radius 3 is 2.15 bits per heavy atom. The smallest absolute Gasteiger partial charge is 0.504 e. The van der Waals surface area contributed by atoms with Gasteiger partial charge in [-0.25, -0.2) is 0 Å². The first kappa shape index (κ1) is 31.6. The first-order valence-corrected chi connectivity index (χ1v) is 16.3. The number of para-hydroxylation sites is 3. The normalized spacial score (nSPS) is 12.3. The van der Waals surface area contributed by atoms with Crippen molar-refractivity contribution in [2.75, 3.05) is 16.8 Å². The van der Waals surface area contributed by atoms with Gasteiger partial charge in [-0.05, 0) is 53.9 Å². The molecule has 48 heavy (non-hydrogen) atoms. The fourth-order valence-corrected chi connectivity index (χ4v) is 7.05. The maximum absolute atomic E-state index is 4.96. The monoisotopic (exact) mass is 800 g/mol. The standard InChI is InChI=1S/C29H23N2.C14H12N2.Ir/c1-3-19-11-9-12-20(4-2)27(19)26-18-30-29-25-15-8-7-14-23(25)24-17-16-21-10-5-6-13-22(21)28(24)31(26)29;1-15-11-16(12-7-3-2-4-8-12)14-10-6-5-9-13(14)15;/h5-14,16-18H,3-4H2,1-2H3;2-7,9-11H,1H3;/q-1;-2;+3. The maximum Gasteiger partial charge on any atom is 3.00 e. The molecule has 0 saturated carbocycles. The van der Waals surface area contributed by atoms with Crippen LogP contribution in [-0.2, 0) is 32.9 Å². The third kappa shape index (κ3) is 5.24. The molecule has 0 unspecified atom stereocenters. The van der Waals surface area contributed by atoms with Crippen LogP contribution in [0.25, 0.3) is 49.4 Å². The van der Waals surface area contributed by atoms with Crippen molar-refractivity contribution in [3.05, 3.63) is 157 Å². The molecule has 9 rings (SSSR count). The van der Waals surface area contributed by atoms with E-state index in [0.29, 0.717) is 0 Å². The molecule has 236 valence electrons. The molecular weight excluding hydrogens is 765 g/mol. The zero-order valence-electron chi connectivity index (χ0n) is 27.2. The summed E-state index contributed by atoms with van der Waals surface area (Å²) in [4.78, 5) is 9.23. The summed E-state index contributed by atoms with van der Waals surface area (Å²) in [6, 6.07) is 49.1. The fourth-order valence-electron chi connectivity index (χ4n) is 7.05. The SMILES string of the molecule is CCc1cccc(CC)c1-c1cnc2c3[c-]cccc3c3ccc4ccccc4c3n12.CN1[CH-]N(c2[c-]cccc2)c2ccccc21.[Ir+3]. The van der Waals surface area contributed by atoms with E-state index in [1.165, 1.54) is 60.8 Å². The number of nitrogens with zero attached hydrogens (tertiary/aromatic N) is 4. The van der Waals surface area contributed by atoms with Gasteiger partial charge in [0, 0.05) is 34.0 Å². The Hall–Kier alpha value is -4.96. The number of anilines is 3. The topological polar surface area (TPSA) is 23.8 Å². The van der Waals surface area contributed by atoms with Crippen LogP contribution in [-0.4, -0.2) is 16.4 Å². The second-order valence-electron chi connectivity index (χ2n) is 11.9. The van der Waals surface area contributed by atoms with E-state index < -0.39 is 0 Å². The van der Waals surface area contributed by atoms with Gasteiger partial charge in [-0.2, -0.15) is 37.0 Å². The van der Waals surface area contributed by atoms with Crippen molar-refractivity contribution in [1.82, 2.24) is 9.38 Å². The Balaban J connectivity index is 0.000000181. The van der Waals surface area contributed by atoms with Gasteiger partial charge < -0.3 is 14.2 Å². The predicted octanol–water partition coefficient (Wildman–Crippen LogP) is 10.6. The fraction of sp³-hybridized carbons (Fsp3) is 0.116. The van der Waals surface area contributed by atoms with Crippen LogP contribution in [0.4, 0.5) is 17.1 Å². The number of benzene rings is 6. The van der Waals surface area contributed by atoms with E-state index >= 15 is 0 Å². The molecule has 1 aliphatic rings. The van der Waals surface area contributed by atoms with E-state index in [1.54, 1.807) is 0 Å². The first-order chi connectivity index (χ1) is 23.2. The van der Waals surface area contributed by atoms with E-state index in [2.05, 4.69) is 157 Å². The number of aryl methyl sites for hydroxylation is 2. The molecule has 0 bridgehead atoms.